The molecule has 0 radical (unpaired) electrons. The molecule has 14 heteroatoms. The maximum atomic E-state index is 14.4. The lowest BCUT2D eigenvalue weighted by molar-refractivity contribution is -0.139. The number of para-hydroxylation sites is 2. The van der Waals surface area contributed by atoms with Crippen molar-refractivity contribution in [2.24, 2.45) is 0 Å². The molecule has 1 unspecified atom stereocenters. The molecular formula is C37H48N6O7S. The summed E-state index contributed by atoms with van der Waals surface area (Å²) in [6.45, 7) is 8.55. The monoisotopic (exact) mass is 720 g/mol. The van der Waals surface area contributed by atoms with Crippen molar-refractivity contribution >= 4 is 27.5 Å². The number of sulfonamides is 1. The van der Waals surface area contributed by atoms with Crippen LogP contribution in [0.15, 0.2) is 65.8 Å². The number of amides is 2. The summed E-state index contributed by atoms with van der Waals surface area (Å²) in [6, 6.07) is 13.2. The number of fused-ring (bicyclic) bond motifs is 1. The van der Waals surface area contributed by atoms with Gasteiger partial charge in [0.25, 0.3) is 15.9 Å². The summed E-state index contributed by atoms with van der Waals surface area (Å²) in [6.07, 6.45) is 4.63. The topological polar surface area (TPSA) is 134 Å². The van der Waals surface area contributed by atoms with Crippen molar-refractivity contribution in [1.29, 1.82) is 0 Å². The number of likely N-dealkylation sites (N-methyl/N-ethyl adjacent to an activating group) is 1. The molecule has 3 aliphatic rings. The molecule has 1 aromatic heterocycles. The quantitative estimate of drug-likeness (QED) is 0.315. The third-order valence-corrected chi connectivity index (χ3v) is 12.5. The molecule has 2 aromatic carbocycles. The predicted octanol–water partition coefficient (Wildman–Crippen LogP) is 2.72. The van der Waals surface area contributed by atoms with Crippen LogP contribution in [0.1, 0.15) is 34.3 Å². The Hall–Kier alpha value is -4.24. The maximum Gasteiger partial charge on any atom is 0.265 e. The van der Waals surface area contributed by atoms with Gasteiger partial charge in [-0.05, 0) is 81.3 Å². The summed E-state index contributed by atoms with van der Waals surface area (Å²) in [5.74, 6) is 0.751. The van der Waals surface area contributed by atoms with Gasteiger partial charge in [0.15, 0.2) is 0 Å². The van der Waals surface area contributed by atoms with Crippen LogP contribution in [-0.4, -0.2) is 131 Å². The zero-order chi connectivity index (χ0) is 36.2. The molecule has 6 rings (SSSR count). The Morgan fingerprint density at radius 1 is 0.980 bits per heavy atom. The second-order valence-electron chi connectivity index (χ2n) is 13.7. The molecule has 0 bridgehead atoms. The van der Waals surface area contributed by atoms with Gasteiger partial charge < -0.3 is 29.3 Å². The molecule has 0 saturated carbocycles. The minimum atomic E-state index is -4.06. The van der Waals surface area contributed by atoms with Crippen LogP contribution in [0, 0.1) is 13.8 Å². The number of aromatic nitrogens is 1. The number of hydrogen-bond acceptors (Lipinski definition) is 10. The Labute approximate surface area is 300 Å². The van der Waals surface area contributed by atoms with Crippen molar-refractivity contribution in [3.05, 3.63) is 77.6 Å². The van der Waals surface area contributed by atoms with E-state index in [1.54, 1.807) is 81.9 Å². The summed E-state index contributed by atoms with van der Waals surface area (Å²) in [5, 5.41) is 3.16. The molecule has 2 fully saturated rings. The Bertz CT molecular complexity index is 1790. The SMILES string of the molecule is COc1cc(C)c(S(=O)(=O)N2c3ccccc3OCC2COCC(=O)N2CCC(CNC(=O)c3ccncc3)(N3CCN(C)CC3)CC2)c(C)c1. The normalized spacial score (nSPS) is 19.6. The van der Waals surface area contributed by atoms with Crippen LogP contribution in [0.3, 0.4) is 0 Å². The number of rotatable bonds is 11. The van der Waals surface area contributed by atoms with E-state index in [2.05, 4.69) is 27.1 Å². The van der Waals surface area contributed by atoms with Crippen LogP contribution in [-0.2, 0) is 19.6 Å². The van der Waals surface area contributed by atoms with E-state index < -0.39 is 16.1 Å². The average Bonchev–Trinajstić information content (AvgIpc) is 3.14. The Balaban J connectivity index is 1.11. The number of piperidine rings is 1. The van der Waals surface area contributed by atoms with Crippen molar-refractivity contribution in [3.8, 4) is 11.5 Å². The lowest BCUT2D eigenvalue weighted by Crippen LogP contribution is -2.64. The third kappa shape index (κ3) is 7.83. The fourth-order valence-electron chi connectivity index (χ4n) is 7.47. The smallest absolute Gasteiger partial charge is 0.265 e. The molecule has 51 heavy (non-hydrogen) atoms. The Morgan fingerprint density at radius 2 is 1.65 bits per heavy atom. The van der Waals surface area contributed by atoms with Crippen molar-refractivity contribution in [3.63, 3.8) is 0 Å². The summed E-state index contributed by atoms with van der Waals surface area (Å²) in [7, 11) is -0.392. The molecule has 4 heterocycles. The van der Waals surface area contributed by atoms with Crippen LogP contribution in [0.4, 0.5) is 5.69 Å². The molecule has 274 valence electrons. The van der Waals surface area contributed by atoms with Crippen LogP contribution in [0.5, 0.6) is 11.5 Å². The molecule has 2 saturated heterocycles. The van der Waals surface area contributed by atoms with Crippen molar-refractivity contribution in [1.82, 2.24) is 25.0 Å². The van der Waals surface area contributed by atoms with Crippen LogP contribution in [0.2, 0.25) is 0 Å². The molecule has 0 spiro atoms. The highest BCUT2D eigenvalue weighted by Gasteiger charge is 2.43. The number of carbonyl (C=O) groups is 2. The van der Waals surface area contributed by atoms with E-state index >= 15 is 0 Å². The maximum absolute atomic E-state index is 14.4. The number of nitrogens with one attached hydrogen (secondary N) is 1. The van der Waals surface area contributed by atoms with Gasteiger partial charge >= 0.3 is 0 Å². The van der Waals surface area contributed by atoms with E-state index in [-0.39, 0.29) is 42.1 Å². The number of benzene rings is 2. The summed E-state index contributed by atoms with van der Waals surface area (Å²) >= 11 is 0. The highest BCUT2D eigenvalue weighted by Crippen LogP contribution is 2.39. The van der Waals surface area contributed by atoms with E-state index in [0.29, 0.717) is 66.4 Å². The minimum absolute atomic E-state index is 0.0341. The number of likely N-dealkylation sites (tertiary alicyclic amines) is 1. The lowest BCUT2D eigenvalue weighted by Gasteiger charge is -2.51. The highest BCUT2D eigenvalue weighted by atomic mass is 32.2. The first-order chi connectivity index (χ1) is 24.5. The van der Waals surface area contributed by atoms with Gasteiger partial charge in [-0.2, -0.15) is 0 Å². The van der Waals surface area contributed by atoms with Crippen LogP contribution in [0.25, 0.3) is 0 Å². The first-order valence-corrected chi connectivity index (χ1v) is 18.9. The largest absolute Gasteiger partial charge is 0.497 e. The van der Waals surface area contributed by atoms with Gasteiger partial charge in [0.05, 0.1) is 24.3 Å². The summed E-state index contributed by atoms with van der Waals surface area (Å²) in [5.41, 5.74) is 1.85. The molecular weight excluding hydrogens is 673 g/mol. The highest BCUT2D eigenvalue weighted by molar-refractivity contribution is 7.93. The van der Waals surface area contributed by atoms with E-state index in [1.807, 2.05) is 4.90 Å². The number of ether oxygens (including phenoxy) is 3. The first kappa shape index (κ1) is 36.5. The molecule has 3 aromatic rings. The third-order valence-electron chi connectivity index (χ3n) is 10.3. The second-order valence-corrected chi connectivity index (χ2v) is 15.4. The molecule has 1 atom stereocenters. The van der Waals surface area contributed by atoms with Gasteiger partial charge in [0.2, 0.25) is 5.91 Å². The van der Waals surface area contributed by atoms with Gasteiger partial charge in [0.1, 0.15) is 30.8 Å². The van der Waals surface area contributed by atoms with Gasteiger partial charge in [0, 0.05) is 69.3 Å². The van der Waals surface area contributed by atoms with E-state index in [9.17, 15) is 18.0 Å². The van der Waals surface area contributed by atoms with Gasteiger partial charge in [-0.25, -0.2) is 8.42 Å². The van der Waals surface area contributed by atoms with Crippen LogP contribution < -0.4 is 19.1 Å². The second kappa shape index (κ2) is 15.6. The summed E-state index contributed by atoms with van der Waals surface area (Å²) in [4.78, 5) is 37.3. The number of pyridine rings is 1. The molecule has 1 N–H and O–H groups in total. The molecule has 0 aliphatic carbocycles. The fraction of sp³-hybridized carbons (Fsp3) is 0.486. The number of anilines is 1. The molecule has 3 aliphatic heterocycles. The van der Waals surface area contributed by atoms with E-state index in [1.165, 1.54) is 4.31 Å². The predicted molar refractivity (Wildman–Crippen MR) is 193 cm³/mol. The van der Waals surface area contributed by atoms with Crippen LogP contribution >= 0.6 is 0 Å². The van der Waals surface area contributed by atoms with Gasteiger partial charge in [-0.1, -0.05) is 12.1 Å². The fourth-order valence-corrected chi connectivity index (χ4v) is 9.52. The average molecular weight is 721 g/mol. The summed E-state index contributed by atoms with van der Waals surface area (Å²) < 4.78 is 47.5. The van der Waals surface area contributed by atoms with E-state index in [0.717, 1.165) is 26.2 Å². The Morgan fingerprint density at radius 3 is 2.31 bits per heavy atom. The zero-order valence-electron chi connectivity index (χ0n) is 29.8. The zero-order valence-corrected chi connectivity index (χ0v) is 30.7. The van der Waals surface area contributed by atoms with E-state index in [4.69, 9.17) is 14.2 Å². The lowest BCUT2D eigenvalue weighted by atomic mass is 9.84. The van der Waals surface area contributed by atoms with Crippen molar-refractivity contribution in [2.45, 2.75) is 43.2 Å². The molecule has 2 amide bonds. The van der Waals surface area contributed by atoms with Gasteiger partial charge in [-0.15, -0.1) is 0 Å². The number of piperazine rings is 1. The number of aryl methyl sites for hydroxylation is 2. The molecule has 13 nitrogen and oxygen atoms in total. The van der Waals surface area contributed by atoms with Crippen molar-refractivity contribution in [2.75, 3.05) is 84.1 Å². The number of nitrogens with zero attached hydrogens (tertiary/aromatic N) is 5. The van der Waals surface area contributed by atoms with Crippen molar-refractivity contribution < 1.29 is 32.2 Å². The number of methoxy groups -OCH3 is 1. The standard InChI is InChI=1S/C37H48N6O7S/c1-27-21-31(48-4)22-28(2)35(27)51(46,47)43-30(24-50-33-8-6-5-7-32(33)43)23-49-25-34(44)41-15-11-37(12-16-41,42-19-17-40(3)18-20-42)26-39-36(45)29-9-13-38-14-10-29/h5-10,13-14,21-22,30H,11-12,15-20,23-26H2,1-4H3,(H,39,45). The Kier molecular flexibility index (Phi) is 11.2. The first-order valence-electron chi connectivity index (χ1n) is 17.4. The number of hydrogen-bond donors (Lipinski definition) is 1. The number of carbonyl (C=O) groups excluding carboxylic acids is 2. The van der Waals surface area contributed by atoms with Gasteiger partial charge in [-0.3, -0.25) is 23.8 Å². The minimum Gasteiger partial charge on any atom is -0.497 e.